The molecule has 0 saturated carbocycles. The Hall–Kier alpha value is -4.46. The summed E-state index contributed by atoms with van der Waals surface area (Å²) in [5, 5.41) is 0.375. The molecule has 8 heteroatoms. The number of nitrogens with zero attached hydrogens (tertiary/aromatic N) is 2. The van der Waals surface area contributed by atoms with E-state index in [-0.39, 0.29) is 23.9 Å². The van der Waals surface area contributed by atoms with Gasteiger partial charge in [0, 0.05) is 12.1 Å². The minimum atomic E-state index is -0.514. The van der Waals surface area contributed by atoms with Gasteiger partial charge in [0.15, 0.2) is 11.5 Å². The minimum Gasteiger partial charge on any atom is -0.493 e. The molecule has 0 spiro atoms. The molecule has 1 aliphatic rings. The Labute approximate surface area is 194 Å². The summed E-state index contributed by atoms with van der Waals surface area (Å²) in [5.74, 6) is 0.519. The average Bonchev–Trinajstić information content (AvgIpc) is 3.11. The van der Waals surface area contributed by atoms with Crippen molar-refractivity contribution in [3.05, 3.63) is 87.8 Å². The number of aromatic nitrogens is 1. The molecule has 0 N–H and O–H groups in total. The third kappa shape index (κ3) is 3.59. The maximum Gasteiger partial charge on any atom is 0.347 e. The van der Waals surface area contributed by atoms with Crippen LogP contribution in [0.1, 0.15) is 26.3 Å². The van der Waals surface area contributed by atoms with Crippen LogP contribution in [0.2, 0.25) is 0 Å². The van der Waals surface area contributed by atoms with E-state index in [1.54, 1.807) is 62.8 Å². The van der Waals surface area contributed by atoms with E-state index in [4.69, 9.17) is 13.9 Å². The second kappa shape index (κ2) is 8.47. The fourth-order valence-corrected chi connectivity index (χ4v) is 4.05. The van der Waals surface area contributed by atoms with Gasteiger partial charge < -0.3 is 13.9 Å². The second-order valence-electron chi connectivity index (χ2n) is 7.79. The smallest absolute Gasteiger partial charge is 0.347 e. The number of carbonyl (C=O) groups is 2. The van der Waals surface area contributed by atoms with E-state index in [0.717, 1.165) is 5.56 Å². The molecule has 0 atom stereocenters. The summed E-state index contributed by atoms with van der Waals surface area (Å²) in [4.78, 5) is 43.9. The molecule has 8 nitrogen and oxygen atoms in total. The van der Waals surface area contributed by atoms with Crippen molar-refractivity contribution in [3.8, 4) is 23.0 Å². The molecular weight excluding hydrogens is 436 g/mol. The van der Waals surface area contributed by atoms with Gasteiger partial charge in [0.25, 0.3) is 11.8 Å². The van der Waals surface area contributed by atoms with Crippen molar-refractivity contribution < 1.29 is 23.5 Å². The number of methoxy groups -OCH3 is 2. The Morgan fingerprint density at radius 3 is 2.41 bits per heavy atom. The standard InChI is InChI=1S/C26H20N2O6/c1-32-21-10-7-15(13-22(21)33-2)11-12-28-24(29)17-9-8-16(14-19(17)25(28)30)23-27-20-6-4-3-5-18(20)26(31)34-23/h3-10,13-14H,11-12H2,1-2H3. The van der Waals surface area contributed by atoms with Crippen LogP contribution in [0.3, 0.4) is 0 Å². The Bertz CT molecular complexity index is 1510. The van der Waals surface area contributed by atoms with Gasteiger partial charge in [-0.1, -0.05) is 18.2 Å². The highest BCUT2D eigenvalue weighted by Gasteiger charge is 2.35. The highest BCUT2D eigenvalue weighted by Crippen LogP contribution is 2.30. The van der Waals surface area contributed by atoms with Crippen LogP contribution in [0.5, 0.6) is 11.5 Å². The average molecular weight is 456 g/mol. The Kier molecular flexibility index (Phi) is 5.33. The molecule has 4 aromatic rings. The highest BCUT2D eigenvalue weighted by atomic mass is 16.5. The number of hydrogen-bond donors (Lipinski definition) is 0. The normalized spacial score (nSPS) is 12.8. The monoisotopic (exact) mass is 456 g/mol. The van der Waals surface area contributed by atoms with Gasteiger partial charge in [-0.15, -0.1) is 0 Å². The van der Waals surface area contributed by atoms with Crippen LogP contribution in [0.15, 0.2) is 69.9 Å². The Morgan fingerprint density at radius 1 is 0.853 bits per heavy atom. The van der Waals surface area contributed by atoms with Crippen LogP contribution in [-0.4, -0.2) is 42.5 Å². The van der Waals surface area contributed by atoms with E-state index in [9.17, 15) is 14.4 Å². The van der Waals surface area contributed by atoms with E-state index < -0.39 is 11.5 Å². The molecule has 1 aromatic heterocycles. The van der Waals surface area contributed by atoms with Gasteiger partial charge in [-0.3, -0.25) is 14.5 Å². The number of rotatable bonds is 6. The van der Waals surface area contributed by atoms with Crippen LogP contribution in [0.25, 0.3) is 22.4 Å². The third-order valence-corrected chi connectivity index (χ3v) is 5.83. The van der Waals surface area contributed by atoms with E-state index in [2.05, 4.69) is 4.98 Å². The fourth-order valence-electron chi connectivity index (χ4n) is 4.05. The lowest BCUT2D eigenvalue weighted by atomic mass is 10.1. The Balaban J connectivity index is 1.41. The quantitative estimate of drug-likeness (QED) is 0.408. The van der Waals surface area contributed by atoms with Crippen molar-refractivity contribution in [2.75, 3.05) is 20.8 Å². The number of fused-ring (bicyclic) bond motifs is 2. The third-order valence-electron chi connectivity index (χ3n) is 5.83. The zero-order valence-electron chi connectivity index (χ0n) is 18.5. The van der Waals surface area contributed by atoms with Gasteiger partial charge in [-0.25, -0.2) is 9.78 Å². The fraction of sp³-hybridized carbons (Fsp3) is 0.154. The van der Waals surface area contributed by atoms with Crippen LogP contribution in [0.4, 0.5) is 0 Å². The number of ether oxygens (including phenoxy) is 2. The van der Waals surface area contributed by atoms with Crippen molar-refractivity contribution in [2.24, 2.45) is 0 Å². The lowest BCUT2D eigenvalue weighted by Gasteiger charge is -2.14. The molecule has 2 amide bonds. The second-order valence-corrected chi connectivity index (χ2v) is 7.79. The van der Waals surface area contributed by atoms with Gasteiger partial charge in [0.05, 0.1) is 36.2 Å². The maximum atomic E-state index is 13.1. The number of benzene rings is 3. The molecule has 3 aromatic carbocycles. The highest BCUT2D eigenvalue weighted by molar-refractivity contribution is 6.21. The van der Waals surface area contributed by atoms with Crippen molar-refractivity contribution in [1.82, 2.24) is 9.88 Å². The van der Waals surface area contributed by atoms with Crippen LogP contribution in [0, 0.1) is 0 Å². The van der Waals surface area contributed by atoms with Crippen molar-refractivity contribution in [1.29, 1.82) is 0 Å². The molecule has 34 heavy (non-hydrogen) atoms. The predicted molar refractivity (Wildman–Crippen MR) is 124 cm³/mol. The number of amides is 2. The van der Waals surface area contributed by atoms with E-state index in [1.165, 1.54) is 4.90 Å². The largest absolute Gasteiger partial charge is 0.493 e. The first-order valence-corrected chi connectivity index (χ1v) is 10.6. The van der Waals surface area contributed by atoms with E-state index >= 15 is 0 Å². The molecule has 1 aliphatic heterocycles. The summed E-state index contributed by atoms with van der Waals surface area (Å²) in [6, 6.07) is 17.1. The van der Waals surface area contributed by atoms with Gasteiger partial charge >= 0.3 is 5.63 Å². The number of carbonyl (C=O) groups excluding carboxylic acids is 2. The summed E-state index contributed by atoms with van der Waals surface area (Å²) in [5.41, 5.74) is 1.89. The molecule has 0 fully saturated rings. The SMILES string of the molecule is COc1ccc(CCN2C(=O)c3ccc(-c4nc5ccccc5c(=O)o4)cc3C2=O)cc1OC. The zero-order valence-corrected chi connectivity index (χ0v) is 18.5. The van der Waals surface area contributed by atoms with Gasteiger partial charge in [-0.05, 0) is 54.4 Å². The minimum absolute atomic E-state index is 0.0931. The first-order valence-electron chi connectivity index (χ1n) is 10.6. The summed E-state index contributed by atoms with van der Waals surface area (Å²) in [6.45, 7) is 0.209. The molecule has 0 unspecified atom stereocenters. The maximum absolute atomic E-state index is 13.1. The van der Waals surface area contributed by atoms with Crippen molar-refractivity contribution in [2.45, 2.75) is 6.42 Å². The van der Waals surface area contributed by atoms with Crippen LogP contribution in [-0.2, 0) is 6.42 Å². The van der Waals surface area contributed by atoms with Crippen molar-refractivity contribution in [3.63, 3.8) is 0 Å². The lowest BCUT2D eigenvalue weighted by Crippen LogP contribution is -2.31. The molecule has 5 rings (SSSR count). The first kappa shape index (κ1) is 21.4. The molecule has 170 valence electrons. The number of para-hydroxylation sites is 1. The van der Waals surface area contributed by atoms with E-state index in [1.807, 2.05) is 12.1 Å². The zero-order chi connectivity index (χ0) is 23.8. The summed E-state index contributed by atoms with van der Waals surface area (Å²) in [6.07, 6.45) is 0.458. The molecular formula is C26H20N2O6. The van der Waals surface area contributed by atoms with Gasteiger partial charge in [0.1, 0.15) is 0 Å². The molecule has 0 aliphatic carbocycles. The van der Waals surface area contributed by atoms with Crippen LogP contribution >= 0.6 is 0 Å². The molecule has 0 saturated heterocycles. The Morgan fingerprint density at radius 2 is 1.62 bits per heavy atom. The van der Waals surface area contributed by atoms with Crippen molar-refractivity contribution >= 4 is 22.7 Å². The molecule has 0 radical (unpaired) electrons. The van der Waals surface area contributed by atoms with Gasteiger partial charge in [0.2, 0.25) is 5.89 Å². The molecule has 0 bridgehead atoms. The number of imide groups is 1. The summed E-state index contributed by atoms with van der Waals surface area (Å²) in [7, 11) is 3.11. The first-order chi connectivity index (χ1) is 16.5. The number of hydrogen-bond acceptors (Lipinski definition) is 7. The summed E-state index contributed by atoms with van der Waals surface area (Å²) >= 11 is 0. The summed E-state index contributed by atoms with van der Waals surface area (Å²) < 4.78 is 15.9. The van der Waals surface area contributed by atoms with Crippen LogP contribution < -0.4 is 15.1 Å². The lowest BCUT2D eigenvalue weighted by molar-refractivity contribution is 0.0656. The van der Waals surface area contributed by atoms with Gasteiger partial charge in [-0.2, -0.15) is 0 Å². The topological polar surface area (TPSA) is 98.9 Å². The molecule has 2 heterocycles. The predicted octanol–water partition coefficient (Wildman–Crippen LogP) is 3.71. The van der Waals surface area contributed by atoms with E-state index in [0.29, 0.717) is 39.9 Å².